The standard InChI is InChI=1S/C15H16ClNO2/c1-11(18)14-9-13(16)4-5-15(14)19-8-6-12-3-2-7-17-10-12/h2-5,7,9-11,18H,6,8H2,1H3/t11-/m0/s1. The number of ether oxygens (including phenoxy) is 1. The van der Waals surface area contributed by atoms with E-state index in [1.54, 1.807) is 31.3 Å². The fraction of sp³-hybridized carbons (Fsp3) is 0.267. The van der Waals surface area contributed by atoms with Gasteiger partial charge in [-0.05, 0) is 36.8 Å². The molecule has 4 heteroatoms. The largest absolute Gasteiger partial charge is 0.493 e. The molecule has 1 atom stereocenters. The van der Waals surface area contributed by atoms with Crippen molar-refractivity contribution >= 4 is 11.6 Å². The molecule has 0 bridgehead atoms. The van der Waals surface area contributed by atoms with Gasteiger partial charge in [0, 0.05) is 29.4 Å². The highest BCUT2D eigenvalue weighted by Crippen LogP contribution is 2.28. The van der Waals surface area contributed by atoms with Crippen LogP contribution in [0.2, 0.25) is 5.02 Å². The second-order valence-corrected chi connectivity index (χ2v) is 4.75. The van der Waals surface area contributed by atoms with E-state index in [9.17, 15) is 5.11 Å². The molecule has 0 aliphatic rings. The maximum atomic E-state index is 9.70. The third-order valence-corrected chi connectivity index (χ3v) is 3.03. The average Bonchev–Trinajstić information content (AvgIpc) is 2.41. The van der Waals surface area contributed by atoms with Crippen LogP contribution < -0.4 is 4.74 Å². The molecule has 1 heterocycles. The van der Waals surface area contributed by atoms with Gasteiger partial charge in [0.2, 0.25) is 0 Å². The summed E-state index contributed by atoms with van der Waals surface area (Å²) < 4.78 is 5.71. The molecular weight excluding hydrogens is 262 g/mol. The van der Waals surface area contributed by atoms with Crippen LogP contribution in [0.15, 0.2) is 42.7 Å². The summed E-state index contributed by atoms with van der Waals surface area (Å²) in [7, 11) is 0. The van der Waals surface area contributed by atoms with Gasteiger partial charge in [0.25, 0.3) is 0 Å². The van der Waals surface area contributed by atoms with Crippen molar-refractivity contribution in [3.8, 4) is 5.75 Å². The first-order valence-corrected chi connectivity index (χ1v) is 6.54. The van der Waals surface area contributed by atoms with Crippen LogP contribution in [0.1, 0.15) is 24.2 Å². The molecule has 2 rings (SSSR count). The Kier molecular flexibility index (Phi) is 4.77. The summed E-state index contributed by atoms with van der Waals surface area (Å²) >= 11 is 5.92. The summed E-state index contributed by atoms with van der Waals surface area (Å²) in [5, 5.41) is 10.3. The van der Waals surface area contributed by atoms with E-state index >= 15 is 0 Å². The number of nitrogens with zero attached hydrogens (tertiary/aromatic N) is 1. The molecule has 2 aromatic rings. The molecule has 0 amide bonds. The molecule has 0 aliphatic heterocycles. The van der Waals surface area contributed by atoms with Gasteiger partial charge in [0.05, 0.1) is 12.7 Å². The minimum atomic E-state index is -0.605. The first-order valence-electron chi connectivity index (χ1n) is 6.16. The van der Waals surface area contributed by atoms with Crippen LogP contribution in [0.4, 0.5) is 0 Å². The molecule has 0 spiro atoms. The van der Waals surface area contributed by atoms with Crippen LogP contribution in [-0.4, -0.2) is 16.7 Å². The number of aromatic nitrogens is 1. The predicted octanol–water partition coefficient (Wildman–Crippen LogP) is 3.41. The van der Waals surface area contributed by atoms with E-state index < -0.39 is 6.10 Å². The van der Waals surface area contributed by atoms with Crippen LogP contribution in [0.25, 0.3) is 0 Å². The number of aliphatic hydroxyl groups excluding tert-OH is 1. The van der Waals surface area contributed by atoms with Gasteiger partial charge < -0.3 is 9.84 Å². The Labute approximate surface area is 117 Å². The molecular formula is C15H16ClNO2. The number of halogens is 1. The van der Waals surface area contributed by atoms with Gasteiger partial charge in [-0.25, -0.2) is 0 Å². The number of hydrogen-bond acceptors (Lipinski definition) is 3. The molecule has 1 aromatic carbocycles. The Balaban J connectivity index is 2.00. The lowest BCUT2D eigenvalue weighted by Gasteiger charge is -2.13. The quantitative estimate of drug-likeness (QED) is 0.911. The van der Waals surface area contributed by atoms with Crippen LogP contribution in [0.5, 0.6) is 5.75 Å². The summed E-state index contributed by atoms with van der Waals surface area (Å²) in [5.41, 5.74) is 1.83. The van der Waals surface area contributed by atoms with Gasteiger partial charge in [0.15, 0.2) is 0 Å². The summed E-state index contributed by atoms with van der Waals surface area (Å²) in [6.07, 6.45) is 3.73. The zero-order valence-corrected chi connectivity index (χ0v) is 11.5. The first-order chi connectivity index (χ1) is 9.16. The normalized spacial score (nSPS) is 12.2. The van der Waals surface area contributed by atoms with E-state index in [0.29, 0.717) is 22.9 Å². The highest BCUT2D eigenvalue weighted by molar-refractivity contribution is 6.30. The lowest BCUT2D eigenvalue weighted by molar-refractivity contribution is 0.191. The lowest BCUT2D eigenvalue weighted by atomic mass is 10.1. The second kappa shape index (κ2) is 6.55. The first kappa shape index (κ1) is 13.8. The van der Waals surface area contributed by atoms with E-state index in [2.05, 4.69) is 4.98 Å². The summed E-state index contributed by atoms with van der Waals surface area (Å²) in [6.45, 7) is 2.23. The maximum Gasteiger partial charge on any atom is 0.125 e. The van der Waals surface area contributed by atoms with Gasteiger partial charge in [-0.3, -0.25) is 4.98 Å². The van der Waals surface area contributed by atoms with Crippen molar-refractivity contribution in [2.24, 2.45) is 0 Å². The number of pyridine rings is 1. The third-order valence-electron chi connectivity index (χ3n) is 2.79. The minimum absolute atomic E-state index is 0.535. The molecule has 1 aromatic heterocycles. The molecule has 0 unspecified atom stereocenters. The van der Waals surface area contributed by atoms with E-state index in [0.717, 1.165) is 12.0 Å². The smallest absolute Gasteiger partial charge is 0.125 e. The van der Waals surface area contributed by atoms with Crippen molar-refractivity contribution in [3.63, 3.8) is 0 Å². The van der Waals surface area contributed by atoms with Crippen LogP contribution >= 0.6 is 11.6 Å². The highest BCUT2D eigenvalue weighted by atomic mass is 35.5. The molecule has 19 heavy (non-hydrogen) atoms. The molecule has 0 fully saturated rings. The minimum Gasteiger partial charge on any atom is -0.493 e. The Morgan fingerprint density at radius 2 is 2.21 bits per heavy atom. The SMILES string of the molecule is C[C@H](O)c1cc(Cl)ccc1OCCc1cccnc1. The Morgan fingerprint density at radius 1 is 1.37 bits per heavy atom. The van der Waals surface area contributed by atoms with Gasteiger partial charge >= 0.3 is 0 Å². The van der Waals surface area contributed by atoms with E-state index in [1.165, 1.54) is 0 Å². The molecule has 1 N–H and O–H groups in total. The van der Waals surface area contributed by atoms with Gasteiger partial charge in [0.1, 0.15) is 5.75 Å². The number of rotatable bonds is 5. The van der Waals surface area contributed by atoms with Crippen molar-refractivity contribution < 1.29 is 9.84 Å². The van der Waals surface area contributed by atoms with E-state index in [4.69, 9.17) is 16.3 Å². The number of hydrogen-bond donors (Lipinski definition) is 1. The molecule has 0 radical (unpaired) electrons. The predicted molar refractivity (Wildman–Crippen MR) is 75.5 cm³/mol. The fourth-order valence-electron chi connectivity index (χ4n) is 1.80. The Hall–Kier alpha value is -1.58. The topological polar surface area (TPSA) is 42.4 Å². The lowest BCUT2D eigenvalue weighted by Crippen LogP contribution is -2.05. The van der Waals surface area contributed by atoms with Gasteiger partial charge in [-0.1, -0.05) is 17.7 Å². The zero-order valence-electron chi connectivity index (χ0n) is 10.7. The zero-order chi connectivity index (χ0) is 13.7. The average molecular weight is 278 g/mol. The van der Waals surface area contributed by atoms with Crippen molar-refractivity contribution in [1.29, 1.82) is 0 Å². The summed E-state index contributed by atoms with van der Waals surface area (Å²) in [5.74, 6) is 0.670. The van der Waals surface area contributed by atoms with Crippen molar-refractivity contribution in [1.82, 2.24) is 4.98 Å². The van der Waals surface area contributed by atoms with Crippen LogP contribution in [0.3, 0.4) is 0 Å². The maximum absolute atomic E-state index is 9.70. The molecule has 0 saturated carbocycles. The highest BCUT2D eigenvalue weighted by Gasteiger charge is 2.09. The van der Waals surface area contributed by atoms with Crippen molar-refractivity contribution in [2.45, 2.75) is 19.4 Å². The molecule has 3 nitrogen and oxygen atoms in total. The van der Waals surface area contributed by atoms with Gasteiger partial charge in [-0.15, -0.1) is 0 Å². The Morgan fingerprint density at radius 3 is 2.89 bits per heavy atom. The number of benzene rings is 1. The van der Waals surface area contributed by atoms with E-state index in [1.807, 2.05) is 18.3 Å². The van der Waals surface area contributed by atoms with E-state index in [-0.39, 0.29) is 0 Å². The van der Waals surface area contributed by atoms with Crippen molar-refractivity contribution in [2.75, 3.05) is 6.61 Å². The summed E-state index contributed by atoms with van der Waals surface area (Å²) in [6, 6.07) is 9.18. The van der Waals surface area contributed by atoms with Gasteiger partial charge in [-0.2, -0.15) is 0 Å². The third kappa shape index (κ3) is 3.94. The molecule has 0 saturated heterocycles. The van der Waals surface area contributed by atoms with Crippen LogP contribution in [0, 0.1) is 0 Å². The number of aliphatic hydroxyl groups is 1. The second-order valence-electron chi connectivity index (χ2n) is 4.32. The monoisotopic (exact) mass is 277 g/mol. The molecule has 100 valence electrons. The van der Waals surface area contributed by atoms with Crippen LogP contribution in [-0.2, 0) is 6.42 Å². The summed E-state index contributed by atoms with van der Waals surface area (Å²) in [4.78, 5) is 4.05. The fourth-order valence-corrected chi connectivity index (χ4v) is 1.98. The molecule has 0 aliphatic carbocycles. The Bertz CT molecular complexity index is 529. The van der Waals surface area contributed by atoms with Crippen molar-refractivity contribution in [3.05, 3.63) is 58.9 Å².